The van der Waals surface area contributed by atoms with Crippen molar-refractivity contribution in [3.63, 3.8) is 0 Å². The van der Waals surface area contributed by atoms with Crippen molar-refractivity contribution in [2.45, 2.75) is 71.0 Å². The van der Waals surface area contributed by atoms with E-state index in [2.05, 4.69) is 35.7 Å². The zero-order chi connectivity index (χ0) is 14.4. The topological polar surface area (TPSA) is 47.1 Å². The average Bonchev–Trinajstić information content (AvgIpc) is 2.92. The maximum Gasteiger partial charge on any atom is 0.0764 e. The summed E-state index contributed by atoms with van der Waals surface area (Å²) in [6, 6.07) is 3.36. The molecule has 1 heterocycles. The van der Waals surface area contributed by atoms with Crippen LogP contribution in [0.1, 0.15) is 64.1 Å². The lowest BCUT2D eigenvalue weighted by Gasteiger charge is -2.25. The third-order valence-electron chi connectivity index (χ3n) is 4.36. The predicted octanol–water partition coefficient (Wildman–Crippen LogP) is 2.95. The second-order valence-corrected chi connectivity index (χ2v) is 6.29. The Labute approximate surface area is 123 Å². The van der Waals surface area contributed by atoms with Gasteiger partial charge in [0.1, 0.15) is 0 Å². The van der Waals surface area contributed by atoms with Gasteiger partial charge in [0.05, 0.1) is 11.7 Å². The minimum Gasteiger partial charge on any atom is -0.330 e. The van der Waals surface area contributed by atoms with Crippen molar-refractivity contribution in [1.82, 2.24) is 14.7 Å². The van der Waals surface area contributed by atoms with E-state index >= 15 is 0 Å². The Morgan fingerprint density at radius 3 is 2.75 bits per heavy atom. The minimum absolute atomic E-state index is 0.543. The van der Waals surface area contributed by atoms with Crippen LogP contribution in [0.15, 0.2) is 12.3 Å². The number of hydrogen-bond acceptors (Lipinski definition) is 3. The molecule has 0 saturated heterocycles. The summed E-state index contributed by atoms with van der Waals surface area (Å²) >= 11 is 0. The number of rotatable bonds is 7. The summed E-state index contributed by atoms with van der Waals surface area (Å²) < 4.78 is 2.20. The van der Waals surface area contributed by atoms with Gasteiger partial charge in [0.15, 0.2) is 0 Å². The Morgan fingerprint density at radius 1 is 1.35 bits per heavy atom. The summed E-state index contributed by atoms with van der Waals surface area (Å²) in [5.74, 6) is 0. The standard InChI is InChI=1S/C16H30N4/c1-14(2)19(11-6-10-17)13-15-9-12-20(18-15)16-7-4-3-5-8-16/h9,12,14,16H,3-8,10-11,13,17H2,1-2H3. The molecular weight excluding hydrogens is 248 g/mol. The van der Waals surface area contributed by atoms with Crippen LogP contribution in [0.3, 0.4) is 0 Å². The Hall–Kier alpha value is -0.870. The smallest absolute Gasteiger partial charge is 0.0764 e. The molecule has 0 radical (unpaired) electrons. The fourth-order valence-corrected chi connectivity index (χ4v) is 3.03. The van der Waals surface area contributed by atoms with Gasteiger partial charge in [-0.15, -0.1) is 0 Å². The van der Waals surface area contributed by atoms with E-state index in [1.54, 1.807) is 0 Å². The molecule has 1 saturated carbocycles. The van der Waals surface area contributed by atoms with Gasteiger partial charge < -0.3 is 5.73 Å². The molecule has 0 aromatic carbocycles. The molecule has 0 amide bonds. The van der Waals surface area contributed by atoms with E-state index in [1.165, 1.54) is 37.8 Å². The fourth-order valence-electron chi connectivity index (χ4n) is 3.03. The third kappa shape index (κ3) is 4.32. The molecule has 1 aromatic rings. The maximum atomic E-state index is 5.63. The maximum absolute atomic E-state index is 5.63. The van der Waals surface area contributed by atoms with Crippen molar-refractivity contribution in [2.75, 3.05) is 13.1 Å². The SMILES string of the molecule is CC(C)N(CCCN)Cc1ccn(C2CCCCC2)n1. The summed E-state index contributed by atoms with van der Waals surface area (Å²) in [5, 5.41) is 4.81. The lowest BCUT2D eigenvalue weighted by molar-refractivity contribution is 0.207. The highest BCUT2D eigenvalue weighted by Crippen LogP contribution is 2.27. The van der Waals surface area contributed by atoms with E-state index in [9.17, 15) is 0 Å². The van der Waals surface area contributed by atoms with Crippen LogP contribution in [-0.2, 0) is 6.54 Å². The zero-order valence-corrected chi connectivity index (χ0v) is 13.1. The number of hydrogen-bond donors (Lipinski definition) is 1. The molecule has 1 aromatic heterocycles. The Morgan fingerprint density at radius 2 is 2.10 bits per heavy atom. The quantitative estimate of drug-likeness (QED) is 0.834. The van der Waals surface area contributed by atoms with E-state index in [0.29, 0.717) is 12.1 Å². The van der Waals surface area contributed by atoms with Gasteiger partial charge in [-0.2, -0.15) is 5.10 Å². The van der Waals surface area contributed by atoms with Gasteiger partial charge in [0, 0.05) is 25.3 Å². The van der Waals surface area contributed by atoms with Gasteiger partial charge in [-0.1, -0.05) is 19.3 Å². The zero-order valence-electron chi connectivity index (χ0n) is 13.1. The number of nitrogens with two attached hydrogens (primary N) is 1. The summed E-state index contributed by atoms with van der Waals surface area (Å²) in [4.78, 5) is 2.46. The van der Waals surface area contributed by atoms with Crippen molar-refractivity contribution in [3.05, 3.63) is 18.0 Å². The largest absolute Gasteiger partial charge is 0.330 e. The van der Waals surface area contributed by atoms with Gasteiger partial charge in [-0.3, -0.25) is 9.58 Å². The van der Waals surface area contributed by atoms with Crippen LogP contribution >= 0.6 is 0 Å². The molecule has 0 atom stereocenters. The van der Waals surface area contributed by atoms with E-state index < -0.39 is 0 Å². The van der Waals surface area contributed by atoms with Gasteiger partial charge in [-0.05, 0) is 45.7 Å². The lowest BCUT2D eigenvalue weighted by atomic mass is 9.96. The highest BCUT2D eigenvalue weighted by molar-refractivity contribution is 5.00. The molecule has 0 unspecified atom stereocenters. The van der Waals surface area contributed by atoms with Crippen LogP contribution in [0.5, 0.6) is 0 Å². The first-order valence-corrected chi connectivity index (χ1v) is 8.19. The molecule has 4 heteroatoms. The fraction of sp³-hybridized carbons (Fsp3) is 0.812. The third-order valence-corrected chi connectivity index (χ3v) is 4.36. The molecule has 0 bridgehead atoms. The van der Waals surface area contributed by atoms with Crippen molar-refractivity contribution in [2.24, 2.45) is 5.73 Å². The molecule has 20 heavy (non-hydrogen) atoms. The van der Waals surface area contributed by atoms with Crippen LogP contribution in [0.4, 0.5) is 0 Å². The summed E-state index contributed by atoms with van der Waals surface area (Å²) in [5.41, 5.74) is 6.82. The predicted molar refractivity (Wildman–Crippen MR) is 83.6 cm³/mol. The Bertz CT molecular complexity index is 380. The van der Waals surface area contributed by atoms with Crippen molar-refractivity contribution >= 4 is 0 Å². The summed E-state index contributed by atoms with van der Waals surface area (Å²) in [6.07, 6.45) is 9.92. The first-order valence-electron chi connectivity index (χ1n) is 8.19. The summed E-state index contributed by atoms with van der Waals surface area (Å²) in [7, 11) is 0. The van der Waals surface area contributed by atoms with Gasteiger partial charge in [0.25, 0.3) is 0 Å². The molecule has 2 rings (SSSR count). The monoisotopic (exact) mass is 278 g/mol. The Balaban J connectivity index is 1.93. The van der Waals surface area contributed by atoms with Crippen molar-refractivity contribution < 1.29 is 0 Å². The molecule has 1 aliphatic rings. The van der Waals surface area contributed by atoms with Crippen molar-refractivity contribution in [3.8, 4) is 0 Å². The molecule has 0 aliphatic heterocycles. The van der Waals surface area contributed by atoms with E-state index in [4.69, 9.17) is 10.8 Å². The molecule has 2 N–H and O–H groups in total. The molecule has 1 fully saturated rings. The van der Waals surface area contributed by atoms with Gasteiger partial charge in [0.2, 0.25) is 0 Å². The van der Waals surface area contributed by atoms with Gasteiger partial charge >= 0.3 is 0 Å². The molecule has 1 aliphatic carbocycles. The molecular formula is C16H30N4. The van der Waals surface area contributed by atoms with Crippen LogP contribution in [0.25, 0.3) is 0 Å². The first kappa shape index (κ1) is 15.5. The van der Waals surface area contributed by atoms with Crippen LogP contribution in [0.2, 0.25) is 0 Å². The Kier molecular flexibility index (Phi) is 6.05. The van der Waals surface area contributed by atoms with Gasteiger partial charge in [-0.25, -0.2) is 0 Å². The van der Waals surface area contributed by atoms with Crippen LogP contribution < -0.4 is 5.73 Å². The van der Waals surface area contributed by atoms with Crippen LogP contribution in [0, 0.1) is 0 Å². The average molecular weight is 278 g/mol. The second-order valence-electron chi connectivity index (χ2n) is 6.29. The minimum atomic E-state index is 0.543. The van der Waals surface area contributed by atoms with E-state index in [1.807, 2.05) is 0 Å². The molecule has 114 valence electrons. The lowest BCUT2D eigenvalue weighted by Crippen LogP contribution is -2.32. The number of nitrogens with zero attached hydrogens (tertiary/aromatic N) is 3. The highest BCUT2D eigenvalue weighted by Gasteiger charge is 2.17. The summed E-state index contributed by atoms with van der Waals surface area (Å²) in [6.45, 7) is 7.25. The van der Waals surface area contributed by atoms with E-state index in [0.717, 1.165) is 26.1 Å². The van der Waals surface area contributed by atoms with E-state index in [-0.39, 0.29) is 0 Å². The molecule has 0 spiro atoms. The van der Waals surface area contributed by atoms with Crippen LogP contribution in [-0.4, -0.2) is 33.8 Å². The normalized spacial score (nSPS) is 17.2. The second kappa shape index (κ2) is 7.79. The first-order chi connectivity index (χ1) is 9.70. The molecule has 4 nitrogen and oxygen atoms in total. The highest BCUT2D eigenvalue weighted by atomic mass is 15.3. The number of aromatic nitrogens is 2. The van der Waals surface area contributed by atoms with Crippen molar-refractivity contribution in [1.29, 1.82) is 0 Å².